The lowest BCUT2D eigenvalue weighted by Gasteiger charge is -2.34. The summed E-state index contributed by atoms with van der Waals surface area (Å²) in [7, 11) is 0. The maximum absolute atomic E-state index is 12.3. The summed E-state index contributed by atoms with van der Waals surface area (Å²) in [5, 5.41) is 0. The summed E-state index contributed by atoms with van der Waals surface area (Å²) in [6.45, 7) is 2.00. The van der Waals surface area contributed by atoms with Crippen molar-refractivity contribution in [3.8, 4) is 0 Å². The fourth-order valence-corrected chi connectivity index (χ4v) is 2.77. The Balaban J connectivity index is 2.18. The Hall–Kier alpha value is -1.44. The Morgan fingerprint density at radius 2 is 2.06 bits per heavy atom. The number of rotatable bonds is 3. The highest BCUT2D eigenvalue weighted by molar-refractivity contribution is 5.97. The van der Waals surface area contributed by atoms with E-state index >= 15 is 0 Å². The topological polar surface area (TPSA) is 34.1 Å². The van der Waals surface area contributed by atoms with Crippen molar-refractivity contribution >= 4 is 12.1 Å². The first kappa shape index (κ1) is 12.0. The van der Waals surface area contributed by atoms with Gasteiger partial charge in [-0.05, 0) is 24.8 Å². The van der Waals surface area contributed by atoms with Crippen molar-refractivity contribution in [1.82, 2.24) is 0 Å². The van der Waals surface area contributed by atoms with Gasteiger partial charge in [0, 0.05) is 5.41 Å². The average Bonchev–Trinajstić information content (AvgIpc) is 2.34. The van der Waals surface area contributed by atoms with E-state index < -0.39 is 0 Å². The highest BCUT2D eigenvalue weighted by atomic mass is 16.1. The van der Waals surface area contributed by atoms with E-state index in [2.05, 4.69) is 0 Å². The molecule has 1 aromatic carbocycles. The van der Waals surface area contributed by atoms with Crippen LogP contribution in [0.15, 0.2) is 30.3 Å². The van der Waals surface area contributed by atoms with E-state index in [4.69, 9.17) is 0 Å². The lowest BCUT2D eigenvalue weighted by molar-refractivity contribution is -0.138. The summed E-state index contributed by atoms with van der Waals surface area (Å²) >= 11 is 0. The Bertz CT molecular complexity index is 410. The van der Waals surface area contributed by atoms with Gasteiger partial charge in [-0.25, -0.2) is 0 Å². The molecule has 1 saturated carbocycles. The molecule has 1 aliphatic rings. The Labute approximate surface area is 102 Å². The molecule has 0 bridgehead atoms. The second kappa shape index (κ2) is 4.82. The maximum atomic E-state index is 12.3. The molecule has 0 aliphatic heterocycles. The van der Waals surface area contributed by atoms with Crippen molar-refractivity contribution in [2.24, 2.45) is 11.3 Å². The zero-order valence-electron chi connectivity index (χ0n) is 10.2. The molecule has 2 heteroatoms. The Morgan fingerprint density at radius 3 is 2.71 bits per heavy atom. The maximum Gasteiger partial charge on any atom is 0.149 e. The third-order valence-corrected chi connectivity index (χ3v) is 3.78. The number of ketones is 1. The standard InChI is InChI=1S/C15H18O2/c1-15(10-12-6-3-2-4-7-12)9-5-8-13(11-16)14(15)17/h2-4,6-7,11,13H,5,8-10H2,1H3/t13-,15+/m0/s1. The van der Waals surface area contributed by atoms with Crippen LogP contribution in [0, 0.1) is 11.3 Å². The summed E-state index contributed by atoms with van der Waals surface area (Å²) in [4.78, 5) is 23.1. The first-order chi connectivity index (χ1) is 8.15. The van der Waals surface area contributed by atoms with Gasteiger partial charge >= 0.3 is 0 Å². The van der Waals surface area contributed by atoms with Crippen molar-refractivity contribution in [3.63, 3.8) is 0 Å². The third kappa shape index (κ3) is 2.46. The van der Waals surface area contributed by atoms with E-state index in [1.807, 2.05) is 37.3 Å². The number of hydrogen-bond acceptors (Lipinski definition) is 2. The van der Waals surface area contributed by atoms with E-state index in [1.165, 1.54) is 5.56 Å². The van der Waals surface area contributed by atoms with Crippen LogP contribution in [0.1, 0.15) is 31.7 Å². The summed E-state index contributed by atoms with van der Waals surface area (Å²) in [5.41, 5.74) is 0.820. The molecule has 0 spiro atoms. The molecular formula is C15H18O2. The first-order valence-corrected chi connectivity index (χ1v) is 6.19. The van der Waals surface area contributed by atoms with E-state index in [9.17, 15) is 9.59 Å². The molecule has 1 aromatic rings. The molecule has 2 rings (SSSR count). The average molecular weight is 230 g/mol. The predicted molar refractivity (Wildman–Crippen MR) is 66.7 cm³/mol. The summed E-state index contributed by atoms with van der Waals surface area (Å²) in [6, 6.07) is 10.0. The fraction of sp³-hybridized carbons (Fsp3) is 0.467. The van der Waals surface area contributed by atoms with E-state index in [0.29, 0.717) is 0 Å². The zero-order chi connectivity index (χ0) is 12.3. The number of benzene rings is 1. The molecule has 1 aliphatic carbocycles. The molecular weight excluding hydrogens is 212 g/mol. The van der Waals surface area contributed by atoms with Crippen molar-refractivity contribution in [2.45, 2.75) is 32.6 Å². The molecule has 0 N–H and O–H groups in total. The quantitative estimate of drug-likeness (QED) is 0.591. The third-order valence-electron chi connectivity index (χ3n) is 3.78. The Kier molecular flexibility index (Phi) is 3.41. The number of carbonyl (C=O) groups is 2. The molecule has 0 radical (unpaired) electrons. The van der Waals surface area contributed by atoms with Crippen LogP contribution >= 0.6 is 0 Å². The molecule has 0 aromatic heterocycles. The zero-order valence-corrected chi connectivity index (χ0v) is 10.2. The molecule has 90 valence electrons. The molecule has 0 unspecified atom stereocenters. The van der Waals surface area contributed by atoms with Gasteiger partial charge in [0.25, 0.3) is 0 Å². The smallest absolute Gasteiger partial charge is 0.149 e. The molecule has 0 amide bonds. The van der Waals surface area contributed by atoms with Crippen molar-refractivity contribution in [2.75, 3.05) is 0 Å². The molecule has 0 heterocycles. The fourth-order valence-electron chi connectivity index (χ4n) is 2.77. The molecule has 0 saturated heterocycles. The first-order valence-electron chi connectivity index (χ1n) is 6.19. The van der Waals surface area contributed by atoms with Gasteiger partial charge in [-0.2, -0.15) is 0 Å². The van der Waals surface area contributed by atoms with Crippen LogP contribution in [0.25, 0.3) is 0 Å². The number of hydrogen-bond donors (Lipinski definition) is 0. The van der Waals surface area contributed by atoms with Gasteiger partial charge in [-0.1, -0.05) is 43.7 Å². The van der Waals surface area contributed by atoms with Crippen LogP contribution in [0.4, 0.5) is 0 Å². The van der Waals surface area contributed by atoms with E-state index in [-0.39, 0.29) is 17.1 Å². The monoisotopic (exact) mass is 230 g/mol. The van der Waals surface area contributed by atoms with Gasteiger partial charge in [-0.15, -0.1) is 0 Å². The second-order valence-corrected chi connectivity index (χ2v) is 5.22. The summed E-state index contributed by atoms with van der Waals surface area (Å²) in [5.74, 6) is -0.250. The Morgan fingerprint density at radius 1 is 1.35 bits per heavy atom. The van der Waals surface area contributed by atoms with Crippen LogP contribution in [0.3, 0.4) is 0 Å². The van der Waals surface area contributed by atoms with Crippen molar-refractivity contribution in [3.05, 3.63) is 35.9 Å². The van der Waals surface area contributed by atoms with Gasteiger partial charge in [0.2, 0.25) is 0 Å². The molecule has 2 atom stereocenters. The SMILES string of the molecule is C[C@]1(Cc2ccccc2)CCC[C@@H](C=O)C1=O. The minimum atomic E-state index is -0.377. The molecule has 1 fully saturated rings. The van der Waals surface area contributed by atoms with Crippen molar-refractivity contribution in [1.29, 1.82) is 0 Å². The van der Waals surface area contributed by atoms with Crippen LogP contribution in [-0.2, 0) is 16.0 Å². The summed E-state index contributed by atoms with van der Waals surface area (Å²) < 4.78 is 0. The van der Waals surface area contributed by atoms with Crippen molar-refractivity contribution < 1.29 is 9.59 Å². The highest BCUT2D eigenvalue weighted by Gasteiger charge is 2.40. The van der Waals surface area contributed by atoms with Gasteiger partial charge in [-0.3, -0.25) is 4.79 Å². The summed E-state index contributed by atoms with van der Waals surface area (Å²) in [6.07, 6.45) is 4.16. The normalized spacial score (nSPS) is 29.0. The minimum Gasteiger partial charge on any atom is -0.303 e. The lowest BCUT2D eigenvalue weighted by Crippen LogP contribution is -2.39. The number of Topliss-reactive ketones (excluding diaryl/α,β-unsaturated/α-hetero) is 1. The van der Waals surface area contributed by atoms with Gasteiger partial charge < -0.3 is 4.79 Å². The van der Waals surface area contributed by atoms with Crippen LogP contribution in [0.2, 0.25) is 0 Å². The van der Waals surface area contributed by atoms with Crippen LogP contribution < -0.4 is 0 Å². The second-order valence-electron chi connectivity index (χ2n) is 5.22. The van der Waals surface area contributed by atoms with E-state index in [0.717, 1.165) is 32.0 Å². The van der Waals surface area contributed by atoms with Gasteiger partial charge in [0.15, 0.2) is 0 Å². The number of aldehydes is 1. The van der Waals surface area contributed by atoms with Crippen LogP contribution in [-0.4, -0.2) is 12.1 Å². The number of carbonyl (C=O) groups excluding carboxylic acids is 2. The minimum absolute atomic E-state index is 0.127. The molecule has 2 nitrogen and oxygen atoms in total. The van der Waals surface area contributed by atoms with E-state index in [1.54, 1.807) is 0 Å². The lowest BCUT2D eigenvalue weighted by atomic mass is 9.67. The molecule has 17 heavy (non-hydrogen) atoms. The van der Waals surface area contributed by atoms with Gasteiger partial charge in [0.05, 0.1) is 5.92 Å². The largest absolute Gasteiger partial charge is 0.303 e. The van der Waals surface area contributed by atoms with Crippen LogP contribution in [0.5, 0.6) is 0 Å². The van der Waals surface area contributed by atoms with Gasteiger partial charge in [0.1, 0.15) is 12.1 Å². The highest BCUT2D eigenvalue weighted by Crippen LogP contribution is 2.38. The predicted octanol–water partition coefficient (Wildman–Crippen LogP) is 2.80.